The molecule has 19 heavy (non-hydrogen) atoms. The van der Waals surface area contributed by atoms with Crippen LogP contribution in [0.3, 0.4) is 0 Å². The first-order valence-corrected chi connectivity index (χ1v) is 7.11. The van der Waals surface area contributed by atoms with E-state index in [1.807, 2.05) is 6.92 Å². The van der Waals surface area contributed by atoms with E-state index in [9.17, 15) is 4.79 Å². The van der Waals surface area contributed by atoms with Crippen LogP contribution < -0.4 is 15.8 Å². The van der Waals surface area contributed by atoms with Crippen LogP contribution in [0, 0.1) is 12.8 Å². The van der Waals surface area contributed by atoms with E-state index in [0.29, 0.717) is 11.9 Å². The van der Waals surface area contributed by atoms with Crippen LogP contribution in [-0.4, -0.2) is 35.6 Å². The zero-order valence-electron chi connectivity index (χ0n) is 12.1. The Morgan fingerprint density at radius 3 is 2.74 bits per heavy atom. The van der Waals surface area contributed by atoms with Crippen molar-refractivity contribution in [2.24, 2.45) is 5.92 Å². The number of nitrogens with one attached hydrogen (secondary N) is 2. The lowest BCUT2D eigenvalue weighted by Gasteiger charge is -2.33. The molecule has 1 aliphatic rings. The van der Waals surface area contributed by atoms with Gasteiger partial charge >= 0.3 is 0 Å². The minimum absolute atomic E-state index is 0.0638. The molecule has 2 heterocycles. The van der Waals surface area contributed by atoms with Crippen LogP contribution in [-0.2, 0) is 0 Å². The zero-order chi connectivity index (χ0) is 13.8. The number of hydrogen-bond donors (Lipinski definition) is 2. The maximum atomic E-state index is 11.5. The molecule has 0 unspecified atom stereocenters. The Labute approximate surface area is 114 Å². The van der Waals surface area contributed by atoms with Gasteiger partial charge in [0.05, 0.1) is 0 Å². The maximum absolute atomic E-state index is 11.5. The topological polar surface area (TPSA) is 61.0 Å². The summed E-state index contributed by atoms with van der Waals surface area (Å²) in [6.45, 7) is 9.24. The van der Waals surface area contributed by atoms with Crippen LogP contribution >= 0.6 is 0 Å². The van der Waals surface area contributed by atoms with Crippen molar-refractivity contribution in [1.82, 2.24) is 15.3 Å². The molecular formula is C14H24N4O. The van der Waals surface area contributed by atoms with E-state index in [2.05, 4.69) is 34.0 Å². The average molecular weight is 264 g/mol. The lowest BCUT2D eigenvalue weighted by atomic mass is 9.96. The van der Waals surface area contributed by atoms with Crippen molar-refractivity contribution in [3.63, 3.8) is 0 Å². The Morgan fingerprint density at radius 2 is 2.16 bits per heavy atom. The Kier molecular flexibility index (Phi) is 4.58. The van der Waals surface area contributed by atoms with Gasteiger partial charge in [0.15, 0.2) is 0 Å². The first-order chi connectivity index (χ1) is 9.04. The van der Waals surface area contributed by atoms with Crippen LogP contribution in [0.15, 0.2) is 10.9 Å². The highest BCUT2D eigenvalue weighted by Crippen LogP contribution is 2.20. The van der Waals surface area contributed by atoms with E-state index in [1.54, 1.807) is 6.07 Å². The molecule has 1 aromatic rings. The standard InChI is InChI=1S/C14H24N4O/c1-10(2)15-9-12-4-6-18(7-5-12)13-8-14(19)17-11(3)16-13/h8,10,12,15H,4-7,9H2,1-3H3,(H,16,17,19). The molecule has 0 spiro atoms. The summed E-state index contributed by atoms with van der Waals surface area (Å²) in [6, 6.07) is 2.15. The third-order valence-corrected chi connectivity index (χ3v) is 3.60. The van der Waals surface area contributed by atoms with Gasteiger partial charge in [-0.25, -0.2) is 4.98 Å². The van der Waals surface area contributed by atoms with Gasteiger partial charge < -0.3 is 15.2 Å². The summed E-state index contributed by atoms with van der Waals surface area (Å²) >= 11 is 0. The number of aromatic nitrogens is 2. The van der Waals surface area contributed by atoms with Gasteiger partial charge in [-0.3, -0.25) is 4.79 Å². The number of H-pyrrole nitrogens is 1. The van der Waals surface area contributed by atoms with E-state index in [0.717, 1.165) is 44.2 Å². The smallest absolute Gasteiger partial charge is 0.252 e. The fraction of sp³-hybridized carbons (Fsp3) is 0.714. The minimum Gasteiger partial charge on any atom is -0.356 e. The number of piperidine rings is 1. The second-order valence-corrected chi connectivity index (χ2v) is 5.68. The average Bonchev–Trinajstić information content (AvgIpc) is 2.36. The van der Waals surface area contributed by atoms with Gasteiger partial charge in [-0.15, -0.1) is 0 Å². The number of anilines is 1. The molecule has 0 aromatic carbocycles. The molecule has 5 heteroatoms. The predicted octanol–water partition coefficient (Wildman–Crippen LogP) is 1.29. The third kappa shape index (κ3) is 4.06. The molecule has 1 fully saturated rings. The second-order valence-electron chi connectivity index (χ2n) is 5.68. The van der Waals surface area contributed by atoms with Crippen molar-refractivity contribution in [3.8, 4) is 0 Å². The summed E-state index contributed by atoms with van der Waals surface area (Å²) in [6.07, 6.45) is 2.32. The van der Waals surface area contributed by atoms with Crippen molar-refractivity contribution in [1.29, 1.82) is 0 Å². The number of nitrogens with zero attached hydrogens (tertiary/aromatic N) is 2. The molecule has 1 aliphatic heterocycles. The largest absolute Gasteiger partial charge is 0.356 e. The van der Waals surface area contributed by atoms with Gasteiger partial charge in [-0.1, -0.05) is 13.8 Å². The third-order valence-electron chi connectivity index (χ3n) is 3.60. The van der Waals surface area contributed by atoms with Crippen molar-refractivity contribution in [2.45, 2.75) is 39.7 Å². The fourth-order valence-electron chi connectivity index (χ4n) is 2.49. The molecule has 1 aromatic heterocycles. The monoisotopic (exact) mass is 264 g/mol. The van der Waals surface area contributed by atoms with Crippen LogP contribution in [0.25, 0.3) is 0 Å². The van der Waals surface area contributed by atoms with Crippen LogP contribution in [0.1, 0.15) is 32.5 Å². The number of aromatic amines is 1. The summed E-state index contributed by atoms with van der Waals surface area (Å²) in [7, 11) is 0. The van der Waals surface area contributed by atoms with E-state index in [-0.39, 0.29) is 5.56 Å². The molecule has 5 nitrogen and oxygen atoms in total. The first kappa shape index (κ1) is 14.1. The van der Waals surface area contributed by atoms with Crippen molar-refractivity contribution in [3.05, 3.63) is 22.2 Å². The lowest BCUT2D eigenvalue weighted by molar-refractivity contribution is 0.369. The summed E-state index contributed by atoms with van der Waals surface area (Å²) in [5.41, 5.74) is -0.0638. The highest BCUT2D eigenvalue weighted by atomic mass is 16.1. The highest BCUT2D eigenvalue weighted by Gasteiger charge is 2.20. The summed E-state index contributed by atoms with van der Waals surface area (Å²) in [5, 5.41) is 3.50. The Morgan fingerprint density at radius 1 is 1.47 bits per heavy atom. The molecule has 0 radical (unpaired) electrons. The van der Waals surface area contributed by atoms with E-state index in [1.165, 1.54) is 0 Å². The van der Waals surface area contributed by atoms with E-state index in [4.69, 9.17) is 0 Å². The van der Waals surface area contributed by atoms with Gasteiger partial charge in [0, 0.05) is 25.2 Å². The molecule has 0 amide bonds. The van der Waals surface area contributed by atoms with Crippen molar-refractivity contribution >= 4 is 5.82 Å². The minimum atomic E-state index is -0.0638. The fourth-order valence-corrected chi connectivity index (χ4v) is 2.49. The van der Waals surface area contributed by atoms with Gasteiger partial charge in [0.1, 0.15) is 11.6 Å². The second kappa shape index (κ2) is 6.19. The van der Waals surface area contributed by atoms with Crippen LogP contribution in [0.4, 0.5) is 5.82 Å². The number of rotatable bonds is 4. The normalized spacial score (nSPS) is 17.2. The molecule has 106 valence electrons. The van der Waals surface area contributed by atoms with Gasteiger partial charge in [0.25, 0.3) is 5.56 Å². The Balaban J connectivity index is 1.90. The van der Waals surface area contributed by atoms with Crippen molar-refractivity contribution in [2.75, 3.05) is 24.5 Å². The summed E-state index contributed by atoms with van der Waals surface area (Å²) in [4.78, 5) is 20.8. The molecular weight excluding hydrogens is 240 g/mol. The van der Waals surface area contributed by atoms with Crippen LogP contribution in [0.2, 0.25) is 0 Å². The predicted molar refractivity (Wildman–Crippen MR) is 77.7 cm³/mol. The quantitative estimate of drug-likeness (QED) is 0.860. The van der Waals surface area contributed by atoms with Gasteiger partial charge in [0.2, 0.25) is 0 Å². The van der Waals surface area contributed by atoms with Gasteiger partial charge in [-0.05, 0) is 32.2 Å². The molecule has 0 saturated carbocycles. The zero-order valence-corrected chi connectivity index (χ0v) is 12.1. The summed E-state index contributed by atoms with van der Waals surface area (Å²) < 4.78 is 0. The molecule has 0 atom stereocenters. The molecule has 2 N–H and O–H groups in total. The summed E-state index contributed by atoms with van der Waals surface area (Å²) in [5.74, 6) is 2.24. The number of aryl methyl sites for hydroxylation is 1. The highest BCUT2D eigenvalue weighted by molar-refractivity contribution is 5.37. The SMILES string of the molecule is Cc1nc(N2CCC(CNC(C)C)CC2)cc(=O)[nH]1. The first-order valence-electron chi connectivity index (χ1n) is 7.11. The van der Waals surface area contributed by atoms with Crippen molar-refractivity contribution < 1.29 is 0 Å². The Hall–Kier alpha value is -1.36. The molecule has 0 aliphatic carbocycles. The van der Waals surface area contributed by atoms with E-state index < -0.39 is 0 Å². The maximum Gasteiger partial charge on any atom is 0.252 e. The lowest BCUT2D eigenvalue weighted by Crippen LogP contribution is -2.39. The van der Waals surface area contributed by atoms with Crippen LogP contribution in [0.5, 0.6) is 0 Å². The Bertz CT molecular complexity index is 461. The number of hydrogen-bond acceptors (Lipinski definition) is 4. The molecule has 2 rings (SSSR count). The molecule has 0 bridgehead atoms. The van der Waals surface area contributed by atoms with Gasteiger partial charge in [-0.2, -0.15) is 0 Å². The molecule has 1 saturated heterocycles. The van der Waals surface area contributed by atoms with E-state index >= 15 is 0 Å².